The third kappa shape index (κ3) is 6.00. The number of halogens is 3. The summed E-state index contributed by atoms with van der Waals surface area (Å²) >= 11 is 0. The minimum atomic E-state index is -4.43. The fourth-order valence-electron chi connectivity index (χ4n) is 1.57. The van der Waals surface area contributed by atoms with Crippen molar-refractivity contribution >= 4 is 10.0 Å². The molecule has 0 heterocycles. The molecule has 1 aromatic carbocycles. The first-order chi connectivity index (χ1) is 9.65. The van der Waals surface area contributed by atoms with Gasteiger partial charge in [-0.2, -0.15) is 13.2 Å². The molecule has 5 nitrogen and oxygen atoms in total. The van der Waals surface area contributed by atoms with Crippen molar-refractivity contribution in [2.24, 2.45) is 5.73 Å². The van der Waals surface area contributed by atoms with Crippen LogP contribution >= 0.6 is 0 Å². The van der Waals surface area contributed by atoms with E-state index < -0.39 is 22.8 Å². The number of ether oxygens (including phenoxy) is 1. The zero-order chi connectivity index (χ0) is 16.1. The van der Waals surface area contributed by atoms with Gasteiger partial charge in [0.2, 0.25) is 10.0 Å². The van der Waals surface area contributed by atoms with Crippen molar-refractivity contribution in [3.63, 3.8) is 0 Å². The molecule has 0 aromatic heterocycles. The number of benzene rings is 1. The second-order valence-electron chi connectivity index (χ2n) is 4.37. The number of nitrogens with two attached hydrogens (primary N) is 1. The summed E-state index contributed by atoms with van der Waals surface area (Å²) in [5.41, 5.74) is 6.62. The number of nitrogens with one attached hydrogen (secondary N) is 1. The van der Waals surface area contributed by atoms with Gasteiger partial charge >= 0.3 is 6.18 Å². The summed E-state index contributed by atoms with van der Waals surface area (Å²) in [7, 11) is -3.81. The van der Waals surface area contributed by atoms with E-state index in [0.29, 0.717) is 11.1 Å². The van der Waals surface area contributed by atoms with E-state index in [2.05, 4.69) is 9.46 Å². The molecule has 1 rings (SSSR count). The first-order valence-electron chi connectivity index (χ1n) is 6.09. The molecule has 0 aliphatic heterocycles. The van der Waals surface area contributed by atoms with Gasteiger partial charge in [0.1, 0.15) is 6.61 Å². The van der Waals surface area contributed by atoms with E-state index in [9.17, 15) is 21.6 Å². The van der Waals surface area contributed by atoms with Crippen molar-refractivity contribution in [2.75, 3.05) is 19.8 Å². The fourth-order valence-corrected chi connectivity index (χ4v) is 2.88. The van der Waals surface area contributed by atoms with Gasteiger partial charge in [-0.15, -0.1) is 0 Å². The highest BCUT2D eigenvalue weighted by Crippen LogP contribution is 2.17. The van der Waals surface area contributed by atoms with Gasteiger partial charge in [-0.05, 0) is 24.1 Å². The van der Waals surface area contributed by atoms with E-state index in [-0.39, 0.29) is 24.6 Å². The van der Waals surface area contributed by atoms with Crippen molar-refractivity contribution in [3.8, 4) is 0 Å². The second kappa shape index (κ2) is 7.21. The second-order valence-corrected chi connectivity index (χ2v) is 6.10. The number of alkyl halides is 3. The Bertz CT molecular complexity index is 574. The molecule has 0 bridgehead atoms. The molecule has 0 amide bonds. The number of hydrogen-bond donors (Lipinski definition) is 2. The lowest BCUT2D eigenvalue weighted by Gasteiger charge is -2.11. The van der Waals surface area contributed by atoms with Crippen molar-refractivity contribution < 1.29 is 26.3 Å². The molecule has 0 atom stereocenters. The molecule has 3 N–H and O–H groups in total. The molecule has 0 fully saturated rings. The summed E-state index contributed by atoms with van der Waals surface area (Å²) < 4.78 is 66.2. The van der Waals surface area contributed by atoms with E-state index in [4.69, 9.17) is 5.73 Å². The molecular weight excluding hydrogens is 309 g/mol. The summed E-state index contributed by atoms with van der Waals surface area (Å²) in [4.78, 5) is 0.0567. The predicted octanol–water partition coefficient (Wildman–Crippen LogP) is 1.31. The third-order valence-corrected chi connectivity index (χ3v) is 4.19. The first kappa shape index (κ1) is 17.9. The van der Waals surface area contributed by atoms with Crippen LogP contribution < -0.4 is 10.5 Å². The molecule has 0 saturated carbocycles. The highest BCUT2D eigenvalue weighted by atomic mass is 32.2. The van der Waals surface area contributed by atoms with Gasteiger partial charge in [-0.25, -0.2) is 13.1 Å². The molecule has 1 aromatic rings. The molecule has 0 aliphatic rings. The predicted molar refractivity (Wildman–Crippen MR) is 71.1 cm³/mol. The smallest absolute Gasteiger partial charge is 0.371 e. The molecule has 21 heavy (non-hydrogen) atoms. The third-order valence-electron chi connectivity index (χ3n) is 2.58. The lowest BCUT2D eigenvalue weighted by atomic mass is 10.1. The lowest BCUT2D eigenvalue weighted by Crippen LogP contribution is -2.29. The number of rotatable bonds is 7. The molecule has 0 spiro atoms. The average Bonchev–Trinajstić information content (AvgIpc) is 2.37. The Balaban J connectivity index is 2.62. The van der Waals surface area contributed by atoms with Crippen LogP contribution in [0.4, 0.5) is 13.2 Å². The summed E-state index contributed by atoms with van der Waals surface area (Å²) in [6, 6.07) is 4.77. The summed E-state index contributed by atoms with van der Waals surface area (Å²) in [6.45, 7) is -0.206. The molecular formula is C12H17F3N2O3S. The Hall–Kier alpha value is -1.16. The molecule has 0 saturated heterocycles. The standard InChI is InChI=1S/C12H17F3N2O3S/c1-9-2-3-10(7-16)6-11(9)21(18,19)17-4-5-20-8-12(13,14)15/h2-3,6,17H,4-5,7-8,16H2,1H3. The Labute approximate surface area is 121 Å². The van der Waals surface area contributed by atoms with Gasteiger partial charge in [0.05, 0.1) is 11.5 Å². The van der Waals surface area contributed by atoms with Gasteiger partial charge in [-0.1, -0.05) is 12.1 Å². The molecule has 0 radical (unpaired) electrons. The van der Waals surface area contributed by atoms with Crippen molar-refractivity contribution in [3.05, 3.63) is 29.3 Å². The van der Waals surface area contributed by atoms with E-state index in [1.165, 1.54) is 6.07 Å². The average molecular weight is 326 g/mol. The van der Waals surface area contributed by atoms with E-state index in [0.717, 1.165) is 0 Å². The van der Waals surface area contributed by atoms with Crippen LogP contribution in [0.3, 0.4) is 0 Å². The number of sulfonamides is 1. The fraction of sp³-hybridized carbons (Fsp3) is 0.500. The monoisotopic (exact) mass is 326 g/mol. The van der Waals surface area contributed by atoms with E-state index in [1.54, 1.807) is 19.1 Å². The zero-order valence-corrected chi connectivity index (χ0v) is 12.2. The topological polar surface area (TPSA) is 81.4 Å². The maximum Gasteiger partial charge on any atom is 0.411 e. The van der Waals surface area contributed by atoms with Crippen LogP contribution in [0.2, 0.25) is 0 Å². The Kier molecular flexibility index (Phi) is 6.14. The SMILES string of the molecule is Cc1ccc(CN)cc1S(=O)(=O)NCCOCC(F)(F)F. The van der Waals surface area contributed by atoms with Gasteiger partial charge in [0.25, 0.3) is 0 Å². The molecule has 0 aliphatic carbocycles. The number of hydrogen-bond acceptors (Lipinski definition) is 4. The zero-order valence-electron chi connectivity index (χ0n) is 11.4. The van der Waals surface area contributed by atoms with Crippen molar-refractivity contribution in [2.45, 2.75) is 24.5 Å². The Morgan fingerprint density at radius 2 is 2.00 bits per heavy atom. The van der Waals surface area contributed by atoms with Crippen LogP contribution in [-0.4, -0.2) is 34.4 Å². The van der Waals surface area contributed by atoms with E-state index in [1.807, 2.05) is 0 Å². The molecule has 120 valence electrons. The summed E-state index contributed by atoms with van der Waals surface area (Å²) in [6.07, 6.45) is -4.43. The van der Waals surface area contributed by atoms with Crippen LogP contribution in [0.25, 0.3) is 0 Å². The highest BCUT2D eigenvalue weighted by molar-refractivity contribution is 7.89. The maximum atomic E-state index is 12.1. The summed E-state index contributed by atoms with van der Waals surface area (Å²) in [5, 5.41) is 0. The largest absolute Gasteiger partial charge is 0.411 e. The normalized spacial score (nSPS) is 12.6. The van der Waals surface area contributed by atoms with Crippen molar-refractivity contribution in [1.29, 1.82) is 0 Å². The first-order valence-corrected chi connectivity index (χ1v) is 7.58. The minimum Gasteiger partial charge on any atom is -0.371 e. The highest BCUT2D eigenvalue weighted by Gasteiger charge is 2.27. The Morgan fingerprint density at radius 3 is 2.57 bits per heavy atom. The van der Waals surface area contributed by atoms with Crippen LogP contribution in [0, 0.1) is 6.92 Å². The minimum absolute atomic E-state index is 0.0567. The lowest BCUT2D eigenvalue weighted by molar-refractivity contribution is -0.173. The van der Waals surface area contributed by atoms with E-state index >= 15 is 0 Å². The molecule has 0 unspecified atom stereocenters. The van der Waals surface area contributed by atoms with Gasteiger partial charge < -0.3 is 10.5 Å². The maximum absolute atomic E-state index is 12.1. The number of aryl methyl sites for hydroxylation is 1. The quantitative estimate of drug-likeness (QED) is 0.740. The van der Waals surface area contributed by atoms with Gasteiger partial charge in [0, 0.05) is 13.1 Å². The van der Waals surface area contributed by atoms with Gasteiger partial charge in [-0.3, -0.25) is 0 Å². The van der Waals surface area contributed by atoms with Crippen LogP contribution in [0.1, 0.15) is 11.1 Å². The van der Waals surface area contributed by atoms with Crippen LogP contribution in [-0.2, 0) is 21.3 Å². The Morgan fingerprint density at radius 1 is 1.33 bits per heavy atom. The summed E-state index contributed by atoms with van der Waals surface area (Å²) in [5.74, 6) is 0. The van der Waals surface area contributed by atoms with Gasteiger partial charge in [0.15, 0.2) is 0 Å². The molecule has 9 heteroatoms. The van der Waals surface area contributed by atoms with Crippen LogP contribution in [0.5, 0.6) is 0 Å². The van der Waals surface area contributed by atoms with Crippen LogP contribution in [0.15, 0.2) is 23.1 Å². The van der Waals surface area contributed by atoms with Crippen molar-refractivity contribution in [1.82, 2.24) is 4.72 Å².